The number of likely N-dealkylation sites (tertiary alicyclic amines) is 1. The third-order valence-electron chi connectivity index (χ3n) is 5.19. The Kier molecular flexibility index (Phi) is 7.36. The molecule has 1 N–H and O–H groups in total. The summed E-state index contributed by atoms with van der Waals surface area (Å²) >= 11 is 6.27. The van der Waals surface area contributed by atoms with Gasteiger partial charge in [-0.3, -0.25) is 9.59 Å². The lowest BCUT2D eigenvalue weighted by Gasteiger charge is -2.25. The number of carbonyl (C=O) groups excluding carboxylic acids is 2. The standard InChI is InChI=1S/C24H26ClNO5/c1-4-31-19-11-10-17(14-18(19)25)22(27)20-21(16-8-6-15(2)7-9-16)26(12-5-13-30-3)24(29)23(20)28/h6-11,14,21,27H,4-5,12-13H2,1-3H3/t21-/m0/s1. The zero-order valence-corrected chi connectivity index (χ0v) is 18.6. The molecule has 0 unspecified atom stereocenters. The van der Waals surface area contributed by atoms with Gasteiger partial charge in [-0.2, -0.15) is 0 Å². The van der Waals surface area contributed by atoms with Gasteiger partial charge in [0.15, 0.2) is 0 Å². The van der Waals surface area contributed by atoms with Crippen LogP contribution in [0, 0.1) is 6.92 Å². The van der Waals surface area contributed by atoms with Gasteiger partial charge in [0.25, 0.3) is 11.7 Å². The second-order valence-corrected chi connectivity index (χ2v) is 7.73. The summed E-state index contributed by atoms with van der Waals surface area (Å²) in [6.45, 7) is 5.04. The van der Waals surface area contributed by atoms with Crippen LogP contribution in [0.4, 0.5) is 0 Å². The van der Waals surface area contributed by atoms with Crippen LogP contribution in [0.15, 0.2) is 48.0 Å². The fraction of sp³-hybridized carbons (Fsp3) is 0.333. The van der Waals surface area contributed by atoms with E-state index in [2.05, 4.69) is 0 Å². The summed E-state index contributed by atoms with van der Waals surface area (Å²) in [6, 6.07) is 11.7. The van der Waals surface area contributed by atoms with Gasteiger partial charge in [-0.1, -0.05) is 41.4 Å². The van der Waals surface area contributed by atoms with Crippen molar-refractivity contribution in [2.24, 2.45) is 0 Å². The number of nitrogens with zero attached hydrogens (tertiary/aromatic N) is 1. The molecule has 1 aliphatic rings. The lowest BCUT2D eigenvalue weighted by molar-refractivity contribution is -0.140. The number of amides is 1. The van der Waals surface area contributed by atoms with Crippen molar-refractivity contribution in [3.05, 3.63) is 69.8 Å². The van der Waals surface area contributed by atoms with E-state index in [9.17, 15) is 14.7 Å². The molecule has 1 aliphatic heterocycles. The zero-order valence-electron chi connectivity index (χ0n) is 17.9. The van der Waals surface area contributed by atoms with Crippen LogP contribution in [-0.2, 0) is 14.3 Å². The molecule has 1 atom stereocenters. The van der Waals surface area contributed by atoms with Crippen molar-refractivity contribution < 1.29 is 24.2 Å². The second kappa shape index (κ2) is 9.98. The van der Waals surface area contributed by atoms with Crippen LogP contribution in [0.25, 0.3) is 5.76 Å². The average Bonchev–Trinajstić information content (AvgIpc) is 3.00. The van der Waals surface area contributed by atoms with Crippen LogP contribution in [0.3, 0.4) is 0 Å². The van der Waals surface area contributed by atoms with Crippen LogP contribution in [0.5, 0.6) is 5.75 Å². The second-order valence-electron chi connectivity index (χ2n) is 7.33. The fourth-order valence-electron chi connectivity index (χ4n) is 3.66. The van der Waals surface area contributed by atoms with Crippen molar-refractivity contribution in [1.29, 1.82) is 0 Å². The van der Waals surface area contributed by atoms with Gasteiger partial charge in [-0.05, 0) is 44.0 Å². The number of methoxy groups -OCH3 is 1. The number of benzene rings is 2. The van der Waals surface area contributed by atoms with Crippen LogP contribution in [-0.4, -0.2) is 48.6 Å². The number of carbonyl (C=O) groups is 2. The van der Waals surface area contributed by atoms with E-state index >= 15 is 0 Å². The predicted octanol–water partition coefficient (Wildman–Crippen LogP) is 4.51. The van der Waals surface area contributed by atoms with E-state index in [4.69, 9.17) is 21.1 Å². The van der Waals surface area contributed by atoms with E-state index in [1.807, 2.05) is 38.1 Å². The molecule has 6 nitrogen and oxygen atoms in total. The number of Topliss-reactive ketones (excluding diaryl/α,β-unsaturated/α-hetero) is 1. The highest BCUT2D eigenvalue weighted by Crippen LogP contribution is 2.40. The first-order chi connectivity index (χ1) is 14.9. The summed E-state index contributed by atoms with van der Waals surface area (Å²) in [5.74, 6) is -1.13. The molecule has 0 radical (unpaired) electrons. The van der Waals surface area contributed by atoms with Crippen LogP contribution in [0.1, 0.15) is 36.1 Å². The SMILES string of the molecule is CCOc1ccc(C(O)=C2C(=O)C(=O)N(CCCOC)[C@H]2c2ccc(C)cc2)cc1Cl. The smallest absolute Gasteiger partial charge is 0.295 e. The Bertz CT molecular complexity index is 1000. The monoisotopic (exact) mass is 443 g/mol. The van der Waals surface area contributed by atoms with Gasteiger partial charge >= 0.3 is 0 Å². The minimum Gasteiger partial charge on any atom is -0.507 e. The fourth-order valence-corrected chi connectivity index (χ4v) is 3.90. The highest BCUT2D eigenvalue weighted by molar-refractivity contribution is 6.46. The van der Waals surface area contributed by atoms with Gasteiger partial charge in [0.2, 0.25) is 0 Å². The number of ether oxygens (including phenoxy) is 2. The van der Waals surface area contributed by atoms with E-state index in [0.29, 0.717) is 42.5 Å². The largest absolute Gasteiger partial charge is 0.507 e. The molecule has 2 aromatic rings. The Morgan fingerprint density at radius 1 is 1.16 bits per heavy atom. The summed E-state index contributed by atoms with van der Waals surface area (Å²) in [5, 5.41) is 11.4. The topological polar surface area (TPSA) is 76.1 Å². The number of hydrogen-bond donors (Lipinski definition) is 1. The molecule has 1 amide bonds. The van der Waals surface area contributed by atoms with E-state index < -0.39 is 17.7 Å². The van der Waals surface area contributed by atoms with Gasteiger partial charge in [-0.25, -0.2) is 0 Å². The molecule has 3 rings (SSSR count). The molecule has 1 heterocycles. The number of rotatable bonds is 8. The van der Waals surface area contributed by atoms with Crippen molar-refractivity contribution in [3.8, 4) is 5.75 Å². The van der Waals surface area contributed by atoms with Crippen molar-refractivity contribution in [2.75, 3.05) is 26.9 Å². The van der Waals surface area contributed by atoms with Gasteiger partial charge in [0.1, 0.15) is 11.5 Å². The molecule has 31 heavy (non-hydrogen) atoms. The average molecular weight is 444 g/mol. The first-order valence-corrected chi connectivity index (χ1v) is 10.5. The van der Waals surface area contributed by atoms with Gasteiger partial charge in [0.05, 0.1) is 23.2 Å². The van der Waals surface area contributed by atoms with E-state index in [1.165, 1.54) is 11.0 Å². The quantitative estimate of drug-likeness (QED) is 0.281. The van der Waals surface area contributed by atoms with E-state index in [1.54, 1.807) is 19.2 Å². The molecule has 164 valence electrons. The predicted molar refractivity (Wildman–Crippen MR) is 119 cm³/mol. The maximum absolute atomic E-state index is 13.0. The van der Waals surface area contributed by atoms with Crippen LogP contribution < -0.4 is 4.74 Å². The van der Waals surface area contributed by atoms with E-state index in [-0.39, 0.29) is 11.3 Å². The van der Waals surface area contributed by atoms with Crippen LogP contribution in [0.2, 0.25) is 5.02 Å². The highest BCUT2D eigenvalue weighted by Gasteiger charge is 2.45. The number of aliphatic hydroxyl groups is 1. The van der Waals surface area contributed by atoms with Crippen LogP contribution >= 0.6 is 11.6 Å². The maximum atomic E-state index is 13.0. The van der Waals surface area contributed by atoms with Gasteiger partial charge in [-0.15, -0.1) is 0 Å². The van der Waals surface area contributed by atoms with Gasteiger partial charge in [0, 0.05) is 25.8 Å². The molecule has 1 fully saturated rings. The van der Waals surface area contributed by atoms with Gasteiger partial charge < -0.3 is 19.5 Å². The normalized spacial score (nSPS) is 17.9. The summed E-state index contributed by atoms with van der Waals surface area (Å²) in [6.07, 6.45) is 0.570. The number of aliphatic hydroxyl groups excluding tert-OH is 1. The maximum Gasteiger partial charge on any atom is 0.295 e. The Balaban J connectivity index is 2.10. The Morgan fingerprint density at radius 3 is 2.48 bits per heavy atom. The van der Waals surface area contributed by atoms with Crippen molar-refractivity contribution >= 4 is 29.1 Å². The molecule has 2 aromatic carbocycles. The molecule has 0 bridgehead atoms. The number of halogens is 1. The summed E-state index contributed by atoms with van der Waals surface area (Å²) in [7, 11) is 1.58. The molecule has 0 saturated carbocycles. The molecule has 0 spiro atoms. The first kappa shape index (κ1) is 22.8. The third kappa shape index (κ3) is 4.75. The zero-order chi connectivity index (χ0) is 22.5. The highest BCUT2D eigenvalue weighted by atomic mass is 35.5. The first-order valence-electron chi connectivity index (χ1n) is 10.2. The summed E-state index contributed by atoms with van der Waals surface area (Å²) in [5.41, 5.74) is 2.20. The molecule has 1 saturated heterocycles. The minimum absolute atomic E-state index is 0.0477. The number of hydrogen-bond acceptors (Lipinski definition) is 5. The third-order valence-corrected chi connectivity index (χ3v) is 5.48. The Hall–Kier alpha value is -2.83. The van der Waals surface area contributed by atoms with Crippen molar-refractivity contribution in [3.63, 3.8) is 0 Å². The number of ketones is 1. The van der Waals surface area contributed by atoms with Crippen molar-refractivity contribution in [2.45, 2.75) is 26.3 Å². The molecular weight excluding hydrogens is 418 g/mol. The Morgan fingerprint density at radius 2 is 1.87 bits per heavy atom. The summed E-state index contributed by atoms with van der Waals surface area (Å²) in [4.78, 5) is 27.3. The molecular formula is C24H26ClNO5. The summed E-state index contributed by atoms with van der Waals surface area (Å²) < 4.78 is 10.5. The minimum atomic E-state index is -0.717. The molecule has 0 aromatic heterocycles. The lowest BCUT2D eigenvalue weighted by Crippen LogP contribution is -2.31. The Labute approximate surface area is 187 Å². The van der Waals surface area contributed by atoms with Crippen molar-refractivity contribution in [1.82, 2.24) is 4.90 Å². The van der Waals surface area contributed by atoms with E-state index in [0.717, 1.165) is 11.1 Å². The molecule has 7 heteroatoms. The molecule has 0 aliphatic carbocycles. The number of aryl methyl sites for hydroxylation is 1. The lowest BCUT2D eigenvalue weighted by atomic mass is 9.94.